The van der Waals surface area contributed by atoms with E-state index in [2.05, 4.69) is 57.3 Å². The van der Waals surface area contributed by atoms with Crippen LogP contribution in [0.3, 0.4) is 0 Å². The van der Waals surface area contributed by atoms with Crippen molar-refractivity contribution >= 4 is 74.0 Å². The quantitative estimate of drug-likeness (QED) is 0.103. The van der Waals surface area contributed by atoms with Gasteiger partial charge in [-0.05, 0) is 128 Å². The van der Waals surface area contributed by atoms with Gasteiger partial charge < -0.3 is 4.74 Å². The van der Waals surface area contributed by atoms with Gasteiger partial charge in [-0.25, -0.2) is 9.38 Å². The number of halogens is 3. The Morgan fingerprint density at radius 2 is 1.73 bits per heavy atom. The molecular formula is C34H22FI2N3O4S. The van der Waals surface area contributed by atoms with Crippen LogP contribution in [0.4, 0.5) is 10.1 Å². The lowest BCUT2D eigenvalue weighted by atomic mass is 9.83. The van der Waals surface area contributed by atoms with Gasteiger partial charge in [0.25, 0.3) is 11.2 Å². The number of thiazole rings is 1. The molecule has 0 N–H and O–H groups in total. The van der Waals surface area contributed by atoms with E-state index >= 15 is 0 Å². The third-order valence-corrected chi connectivity index (χ3v) is 10.5. The van der Waals surface area contributed by atoms with Crippen LogP contribution < -0.4 is 19.6 Å². The first-order valence-electron chi connectivity index (χ1n) is 14.0. The van der Waals surface area contributed by atoms with Crippen LogP contribution >= 0.6 is 56.5 Å². The largest absolute Gasteiger partial charge is 0.487 e. The molecule has 2 heterocycles. The first kappa shape index (κ1) is 30.0. The zero-order valence-corrected chi connectivity index (χ0v) is 28.5. The van der Waals surface area contributed by atoms with Gasteiger partial charge in [-0.15, -0.1) is 0 Å². The number of allylic oxidation sites excluding steroid dienone is 1. The average molecular weight is 841 g/mol. The van der Waals surface area contributed by atoms with Gasteiger partial charge in [-0.3, -0.25) is 19.5 Å². The van der Waals surface area contributed by atoms with Gasteiger partial charge >= 0.3 is 0 Å². The van der Waals surface area contributed by atoms with Gasteiger partial charge in [0.05, 0.1) is 28.3 Å². The lowest BCUT2D eigenvalue weighted by molar-refractivity contribution is -0.384. The van der Waals surface area contributed by atoms with Gasteiger partial charge in [0.2, 0.25) is 0 Å². The zero-order valence-electron chi connectivity index (χ0n) is 23.4. The number of aromatic nitrogens is 1. The first-order valence-corrected chi connectivity index (χ1v) is 17.0. The van der Waals surface area contributed by atoms with Crippen molar-refractivity contribution in [2.75, 3.05) is 0 Å². The number of ether oxygens (including phenoxy) is 1. The summed E-state index contributed by atoms with van der Waals surface area (Å²) in [5, 5.41) is 10.9. The molecule has 1 unspecified atom stereocenters. The summed E-state index contributed by atoms with van der Waals surface area (Å²) in [6, 6.07) is 24.5. The maximum absolute atomic E-state index is 14.1. The lowest BCUT2D eigenvalue weighted by Gasteiger charge is -2.30. The first-order chi connectivity index (χ1) is 21.8. The molecule has 1 aromatic heterocycles. The number of nitrogens with zero attached hydrogens (tertiary/aromatic N) is 3. The summed E-state index contributed by atoms with van der Waals surface area (Å²) >= 11 is 5.79. The smallest absolute Gasteiger partial charge is 0.271 e. The molecule has 7 rings (SSSR count). The van der Waals surface area contributed by atoms with E-state index in [9.17, 15) is 19.3 Å². The Balaban J connectivity index is 1.27. The van der Waals surface area contributed by atoms with Crippen molar-refractivity contribution in [1.82, 2.24) is 4.57 Å². The number of hydrogen-bond acceptors (Lipinski definition) is 6. The number of fused-ring (bicyclic) bond motifs is 3. The highest BCUT2D eigenvalue weighted by Gasteiger charge is 2.32. The minimum atomic E-state index is -0.428. The molecule has 11 heteroatoms. The highest BCUT2D eigenvalue weighted by Crippen LogP contribution is 2.41. The molecule has 1 aliphatic heterocycles. The molecule has 1 aliphatic carbocycles. The SMILES string of the molecule is O=c1/c(=C\c2cc(I)c(OCc3ccc([N+](=O)[O-])cc3)c(I)c2)sc2n1C(c1ccc(F)cc1)C1=C(N=2)c2ccccc2CC1. The monoisotopic (exact) mass is 841 g/mol. The summed E-state index contributed by atoms with van der Waals surface area (Å²) in [6.07, 6.45) is 3.49. The molecule has 7 nitrogen and oxygen atoms in total. The maximum Gasteiger partial charge on any atom is 0.271 e. The van der Waals surface area contributed by atoms with E-state index in [1.807, 2.05) is 30.3 Å². The fourth-order valence-electron chi connectivity index (χ4n) is 5.79. The molecule has 2 aliphatic rings. The van der Waals surface area contributed by atoms with Crippen molar-refractivity contribution in [2.45, 2.75) is 25.5 Å². The number of nitro groups is 1. The van der Waals surface area contributed by atoms with Crippen LogP contribution in [0.25, 0.3) is 11.8 Å². The second-order valence-electron chi connectivity index (χ2n) is 10.7. The van der Waals surface area contributed by atoms with Crippen LogP contribution in [0.5, 0.6) is 5.75 Å². The van der Waals surface area contributed by atoms with E-state index < -0.39 is 4.92 Å². The molecular weight excluding hydrogens is 819 g/mol. The summed E-state index contributed by atoms with van der Waals surface area (Å²) in [5.74, 6) is 0.384. The van der Waals surface area contributed by atoms with Crippen LogP contribution in [0, 0.1) is 23.1 Å². The lowest BCUT2D eigenvalue weighted by Crippen LogP contribution is -2.38. The van der Waals surface area contributed by atoms with Crippen LogP contribution in [0.1, 0.15) is 40.3 Å². The van der Waals surface area contributed by atoms with Crippen molar-refractivity contribution < 1.29 is 14.1 Å². The third kappa shape index (κ3) is 5.76. The fourth-order valence-corrected chi connectivity index (χ4v) is 8.92. The zero-order chi connectivity index (χ0) is 31.2. The molecule has 4 aromatic carbocycles. The standard InChI is InChI=1S/C34H22FI2N3O4S/c35-23-10-7-22(8-11-23)31-26-14-9-21-3-1-2-4-25(21)30(26)38-34-39(31)33(41)29(45-34)17-20-15-27(36)32(28(37)16-20)44-18-19-5-12-24(13-6-19)40(42)43/h1-8,10-13,15-17,31H,9,14,18H2/b29-17+. The van der Waals surface area contributed by atoms with E-state index in [0.29, 0.717) is 15.1 Å². The predicted octanol–water partition coefficient (Wildman–Crippen LogP) is 7.15. The number of non-ortho nitro benzene ring substituents is 1. The highest BCUT2D eigenvalue weighted by atomic mass is 127. The number of aryl methyl sites for hydroxylation is 1. The Labute approximate surface area is 287 Å². The van der Waals surface area contributed by atoms with E-state index in [1.54, 1.807) is 28.8 Å². The van der Waals surface area contributed by atoms with Gasteiger partial charge in [-0.1, -0.05) is 47.7 Å². The van der Waals surface area contributed by atoms with Crippen molar-refractivity contribution in [2.24, 2.45) is 4.99 Å². The van der Waals surface area contributed by atoms with Crippen molar-refractivity contribution in [3.63, 3.8) is 0 Å². The normalized spacial score (nSPS) is 15.6. The van der Waals surface area contributed by atoms with Crippen molar-refractivity contribution in [3.05, 3.63) is 161 Å². The van der Waals surface area contributed by atoms with E-state index in [1.165, 1.54) is 41.2 Å². The number of rotatable bonds is 6. The summed E-state index contributed by atoms with van der Waals surface area (Å²) in [6.45, 7) is 0.263. The second-order valence-corrected chi connectivity index (χ2v) is 14.0. The maximum atomic E-state index is 14.1. The Morgan fingerprint density at radius 3 is 2.44 bits per heavy atom. The molecule has 1 atom stereocenters. The van der Waals surface area contributed by atoms with Crippen LogP contribution in [0.2, 0.25) is 0 Å². The average Bonchev–Trinajstić information content (AvgIpc) is 3.34. The molecule has 0 spiro atoms. The van der Waals surface area contributed by atoms with Crippen LogP contribution in [-0.2, 0) is 13.0 Å². The molecule has 0 saturated heterocycles. The fraction of sp³-hybridized carbons (Fsp3) is 0.118. The summed E-state index contributed by atoms with van der Waals surface area (Å²) < 4.78 is 24.1. The molecule has 0 bridgehead atoms. The third-order valence-electron chi connectivity index (χ3n) is 7.91. The van der Waals surface area contributed by atoms with Crippen molar-refractivity contribution in [1.29, 1.82) is 0 Å². The predicted molar refractivity (Wildman–Crippen MR) is 188 cm³/mol. The Morgan fingerprint density at radius 1 is 1.02 bits per heavy atom. The molecule has 0 fully saturated rings. The summed E-state index contributed by atoms with van der Waals surface area (Å²) in [4.78, 5) is 30.2. The van der Waals surface area contributed by atoms with E-state index in [-0.39, 0.29) is 29.7 Å². The Bertz CT molecular complexity index is 2190. The van der Waals surface area contributed by atoms with Crippen LogP contribution in [0.15, 0.2) is 100 Å². The number of nitro benzene ring substituents is 1. The molecule has 0 saturated carbocycles. The summed E-state index contributed by atoms with van der Waals surface area (Å²) in [5.41, 5.74) is 6.70. The Hall–Kier alpha value is -3.69. The van der Waals surface area contributed by atoms with Gasteiger partial charge in [0.15, 0.2) is 4.80 Å². The van der Waals surface area contributed by atoms with Gasteiger partial charge in [0.1, 0.15) is 18.2 Å². The minimum absolute atomic E-state index is 0.0338. The molecule has 224 valence electrons. The van der Waals surface area contributed by atoms with Crippen LogP contribution in [-0.4, -0.2) is 9.49 Å². The topological polar surface area (TPSA) is 86.7 Å². The molecule has 0 amide bonds. The summed E-state index contributed by atoms with van der Waals surface area (Å²) in [7, 11) is 0. The minimum Gasteiger partial charge on any atom is -0.487 e. The molecule has 5 aromatic rings. The second kappa shape index (κ2) is 12.2. The van der Waals surface area contributed by atoms with Crippen molar-refractivity contribution in [3.8, 4) is 5.75 Å². The van der Waals surface area contributed by atoms with E-state index in [0.717, 1.165) is 53.5 Å². The number of benzene rings is 4. The highest BCUT2D eigenvalue weighted by molar-refractivity contribution is 14.1. The van der Waals surface area contributed by atoms with Gasteiger partial charge in [-0.2, -0.15) is 0 Å². The van der Waals surface area contributed by atoms with E-state index in [4.69, 9.17) is 9.73 Å². The van der Waals surface area contributed by atoms with Gasteiger partial charge in [0, 0.05) is 17.7 Å². The molecule has 0 radical (unpaired) electrons. The molecule has 45 heavy (non-hydrogen) atoms. The Kier molecular flexibility index (Phi) is 8.16. The number of hydrogen-bond donors (Lipinski definition) is 0.